The van der Waals surface area contributed by atoms with Gasteiger partial charge in [0.05, 0.1) is 61.8 Å². The molecule has 0 aliphatic carbocycles. The van der Waals surface area contributed by atoms with Crippen molar-refractivity contribution in [3.63, 3.8) is 0 Å². The molecule has 95 heavy (non-hydrogen) atoms. The minimum Gasteiger partial charge on any atom is -0.458 e. The van der Waals surface area contributed by atoms with Gasteiger partial charge in [0, 0.05) is 66.1 Å². The normalized spacial score (nSPS) is 12.8. The van der Waals surface area contributed by atoms with Crippen LogP contribution in [0.2, 0.25) is 0 Å². The highest BCUT2D eigenvalue weighted by Crippen LogP contribution is 2.50. The van der Waals surface area contributed by atoms with Gasteiger partial charge < -0.3 is 23.3 Å². The fraction of sp³-hybridized carbons (Fsp3) is 0.102. The van der Waals surface area contributed by atoms with E-state index in [9.17, 15) is 5.26 Å². The Hall–Kier alpha value is -11.6. The van der Waals surface area contributed by atoms with Crippen LogP contribution < -0.4 is 26.0 Å². The summed E-state index contributed by atoms with van der Waals surface area (Å²) in [6.07, 6.45) is 0. The Morgan fingerprint density at radius 3 is 1.45 bits per heavy atom. The highest BCUT2D eigenvalue weighted by molar-refractivity contribution is 6.99. The van der Waals surface area contributed by atoms with Crippen molar-refractivity contribution in [3.8, 4) is 68.0 Å². The Morgan fingerprint density at radius 1 is 0.347 bits per heavy atom. The second kappa shape index (κ2) is 21.0. The fourth-order valence-corrected chi connectivity index (χ4v) is 15.7. The van der Waals surface area contributed by atoms with Gasteiger partial charge in [-0.3, -0.25) is 0 Å². The summed E-state index contributed by atoms with van der Waals surface area (Å²) in [5.41, 5.74) is 26.8. The zero-order chi connectivity index (χ0) is 64.2. The van der Waals surface area contributed by atoms with Crippen LogP contribution in [0.1, 0.15) is 63.8 Å². The van der Waals surface area contributed by atoms with Gasteiger partial charge in [-0.25, -0.2) is 0 Å². The molecule has 0 saturated heterocycles. The molecule has 6 nitrogen and oxygen atoms in total. The highest BCUT2D eigenvalue weighted by atomic mass is 16.5. The van der Waals surface area contributed by atoms with E-state index in [4.69, 9.17) is 4.74 Å². The smallest absolute Gasteiger partial charge is 0.256 e. The van der Waals surface area contributed by atoms with Crippen molar-refractivity contribution < 1.29 is 4.74 Å². The van der Waals surface area contributed by atoms with Gasteiger partial charge in [-0.1, -0.05) is 205 Å². The van der Waals surface area contributed by atoms with Gasteiger partial charge in [0.15, 0.2) is 0 Å². The molecule has 452 valence electrons. The molecule has 0 atom stereocenters. The molecule has 7 heteroatoms. The average Bonchev–Trinajstić information content (AvgIpc) is 1.24. The van der Waals surface area contributed by atoms with E-state index in [-0.39, 0.29) is 17.5 Å². The van der Waals surface area contributed by atoms with Crippen LogP contribution in [0.3, 0.4) is 0 Å². The number of nitriles is 1. The molecule has 18 rings (SSSR count). The van der Waals surface area contributed by atoms with Crippen LogP contribution in [0.4, 0.5) is 17.1 Å². The lowest BCUT2D eigenvalue weighted by atomic mass is 9.34. The molecule has 13 aromatic carbocycles. The predicted octanol–water partition coefficient (Wildman–Crippen LogP) is 21.2. The lowest BCUT2D eigenvalue weighted by Crippen LogP contribution is -2.59. The number of ether oxygens (including phenoxy) is 1. The standard InChI is InChI=1S/C88H66BN5O/c1-54-33-41-78(92-74-29-17-12-24-63(74)64-25-13-18-30-75(64)92)67(45-54)57-35-39-72-84(48-57)95-85-49-58(68-46-55(53-90)34-42-79(68)93-76-31-19-14-26-65(76)66-27-15-20-32-77(66)93)47-83-86(85)89(72)71-40-38-61(52-82(71)94(83)73-28-16-11-23-62(73)56-21-9-8-10-22-56)91-80-43-36-59(87(2,3)4)50-69(80)70-51-60(88(5,6)7)37-44-81(70)91/h8-52H,1-7H3. The van der Waals surface area contributed by atoms with Crippen LogP contribution in [0, 0.1) is 18.3 Å². The number of anilines is 3. The largest absolute Gasteiger partial charge is 0.458 e. The Kier molecular flexibility index (Phi) is 12.4. The number of para-hydroxylation sites is 5. The first-order valence-corrected chi connectivity index (χ1v) is 33.1. The van der Waals surface area contributed by atoms with E-state index in [1.54, 1.807) is 0 Å². The maximum atomic E-state index is 10.9. The summed E-state index contributed by atoms with van der Waals surface area (Å²) in [4.78, 5) is 2.52. The van der Waals surface area contributed by atoms with Gasteiger partial charge in [-0.2, -0.15) is 5.26 Å². The van der Waals surface area contributed by atoms with E-state index in [1.165, 1.54) is 43.7 Å². The summed E-state index contributed by atoms with van der Waals surface area (Å²) in [6, 6.07) is 103. The first kappa shape index (κ1) is 56.2. The fourth-order valence-electron chi connectivity index (χ4n) is 15.7. The van der Waals surface area contributed by atoms with E-state index in [0.29, 0.717) is 5.56 Å². The molecule has 2 aliphatic rings. The third-order valence-corrected chi connectivity index (χ3v) is 20.3. The number of fused-ring (bicyclic) bond motifs is 13. The van der Waals surface area contributed by atoms with E-state index < -0.39 is 0 Å². The van der Waals surface area contributed by atoms with Gasteiger partial charge in [0.2, 0.25) is 0 Å². The summed E-state index contributed by atoms with van der Waals surface area (Å²) in [7, 11) is 0. The number of benzene rings is 13. The van der Waals surface area contributed by atoms with Crippen molar-refractivity contribution >= 4 is 106 Å². The first-order valence-electron chi connectivity index (χ1n) is 33.1. The summed E-state index contributed by atoms with van der Waals surface area (Å²) in [5.74, 6) is 1.56. The quantitative estimate of drug-likeness (QED) is 0.149. The van der Waals surface area contributed by atoms with Crippen molar-refractivity contribution in [1.29, 1.82) is 5.26 Å². The van der Waals surface area contributed by atoms with E-state index >= 15 is 0 Å². The summed E-state index contributed by atoms with van der Waals surface area (Å²) >= 11 is 0. The Morgan fingerprint density at radius 2 is 0.863 bits per heavy atom. The third kappa shape index (κ3) is 8.71. The van der Waals surface area contributed by atoms with Gasteiger partial charge >= 0.3 is 0 Å². The van der Waals surface area contributed by atoms with Crippen LogP contribution >= 0.6 is 0 Å². The molecule has 2 aliphatic heterocycles. The van der Waals surface area contributed by atoms with Crippen molar-refractivity contribution in [3.05, 3.63) is 295 Å². The van der Waals surface area contributed by atoms with E-state index in [2.05, 4.69) is 340 Å². The molecule has 0 amide bonds. The number of hydrogen-bond donors (Lipinski definition) is 0. The SMILES string of the molecule is Cc1ccc(-n2c3ccccc3c3ccccc32)c(-c2ccc3c(c2)Oc2cc(-c4cc(C#N)ccc4-n4c5ccccc5c5ccccc54)cc4c2B3c2ccc(-n3c5ccc(C(C)(C)C)cc5c5cc(C(C)(C)C)ccc53)cc2N4c2ccccc2-c2ccccc2)c1. The monoisotopic (exact) mass is 1220 g/mol. The Labute approximate surface area is 553 Å². The third-order valence-electron chi connectivity index (χ3n) is 20.3. The minimum atomic E-state index is -0.255. The van der Waals surface area contributed by atoms with Gasteiger partial charge in [-0.05, 0) is 177 Å². The van der Waals surface area contributed by atoms with Gasteiger partial charge in [0.25, 0.3) is 6.71 Å². The van der Waals surface area contributed by atoms with Crippen molar-refractivity contribution in [2.45, 2.75) is 59.3 Å². The molecule has 0 bridgehead atoms. The molecule has 0 N–H and O–H groups in total. The highest BCUT2D eigenvalue weighted by Gasteiger charge is 2.43. The zero-order valence-corrected chi connectivity index (χ0v) is 54.2. The predicted molar refractivity (Wildman–Crippen MR) is 398 cm³/mol. The van der Waals surface area contributed by atoms with E-state index in [1.807, 2.05) is 6.07 Å². The maximum Gasteiger partial charge on any atom is 0.256 e. The van der Waals surface area contributed by atoms with Crippen molar-refractivity contribution in [2.75, 3.05) is 4.90 Å². The Bertz CT molecular complexity index is 5780. The number of nitrogens with zero attached hydrogens (tertiary/aromatic N) is 5. The van der Waals surface area contributed by atoms with Gasteiger partial charge in [-0.15, -0.1) is 0 Å². The number of hydrogen-bond acceptors (Lipinski definition) is 3. The Balaban J connectivity index is 0.930. The van der Waals surface area contributed by atoms with Gasteiger partial charge in [0.1, 0.15) is 11.5 Å². The molecule has 0 saturated carbocycles. The lowest BCUT2D eigenvalue weighted by molar-refractivity contribution is 0.488. The summed E-state index contributed by atoms with van der Waals surface area (Å²) in [6.45, 7) is 15.8. The summed E-state index contributed by atoms with van der Waals surface area (Å²) < 4.78 is 15.0. The average molecular weight is 1220 g/mol. The number of aromatic nitrogens is 3. The summed E-state index contributed by atoms with van der Waals surface area (Å²) in [5, 5.41) is 18.2. The van der Waals surface area contributed by atoms with Crippen molar-refractivity contribution in [1.82, 2.24) is 13.7 Å². The van der Waals surface area contributed by atoms with E-state index in [0.717, 1.165) is 134 Å². The van der Waals surface area contributed by atoms with Crippen LogP contribution in [-0.4, -0.2) is 20.4 Å². The lowest BCUT2D eigenvalue weighted by Gasteiger charge is -2.41. The van der Waals surface area contributed by atoms with Crippen LogP contribution in [0.5, 0.6) is 11.5 Å². The van der Waals surface area contributed by atoms with Crippen LogP contribution in [0.25, 0.3) is 116 Å². The maximum absolute atomic E-state index is 10.9. The van der Waals surface area contributed by atoms with Crippen LogP contribution in [0.15, 0.2) is 273 Å². The van der Waals surface area contributed by atoms with Crippen LogP contribution in [-0.2, 0) is 10.8 Å². The first-order chi connectivity index (χ1) is 46.2. The minimum absolute atomic E-state index is 0.0522. The van der Waals surface area contributed by atoms with Crippen molar-refractivity contribution in [2.24, 2.45) is 0 Å². The molecule has 0 unspecified atom stereocenters. The molecule has 0 radical (unpaired) electrons. The molecular formula is C88H66BN5O. The number of aryl methyl sites for hydroxylation is 1. The number of rotatable bonds is 7. The molecule has 0 spiro atoms. The molecular weight excluding hydrogens is 1150 g/mol. The topological polar surface area (TPSA) is 51.1 Å². The molecule has 5 heterocycles. The second-order valence-corrected chi connectivity index (χ2v) is 28.1. The zero-order valence-electron chi connectivity index (χ0n) is 54.2. The molecule has 0 fully saturated rings. The molecule has 16 aromatic rings. The molecule has 3 aromatic heterocycles. The second-order valence-electron chi connectivity index (χ2n) is 28.1.